The van der Waals surface area contributed by atoms with Crippen molar-refractivity contribution in [3.63, 3.8) is 0 Å². The van der Waals surface area contributed by atoms with Crippen LogP contribution in [0, 0.1) is 6.92 Å². The first kappa shape index (κ1) is 29.9. The minimum Gasteiger partial charge on any atom is -0.377 e. The maximum Gasteiger partial charge on any atom is 0.0791 e. The maximum absolute atomic E-state index is 5.45. The lowest BCUT2D eigenvalue weighted by Crippen LogP contribution is -2.19. The first-order valence-electron chi connectivity index (χ1n) is 15.6. The lowest BCUT2D eigenvalue weighted by molar-refractivity contribution is 0.142. The number of rotatable bonds is 9. The van der Waals surface area contributed by atoms with Crippen LogP contribution in [-0.2, 0) is 4.74 Å². The van der Waals surface area contributed by atoms with Crippen LogP contribution in [0.2, 0.25) is 0 Å². The molecule has 0 amide bonds. The molecule has 6 rings (SSSR count). The molecule has 0 saturated carbocycles. The van der Waals surface area contributed by atoms with Crippen LogP contribution in [0.15, 0.2) is 151 Å². The Hall–Kier alpha value is -5.12. The molecule has 224 valence electrons. The van der Waals surface area contributed by atoms with E-state index in [-0.39, 0.29) is 6.10 Å². The number of hydrogen-bond donors (Lipinski definition) is 0. The fourth-order valence-corrected chi connectivity index (χ4v) is 5.85. The summed E-state index contributed by atoms with van der Waals surface area (Å²) >= 11 is 0. The van der Waals surface area contributed by atoms with Crippen molar-refractivity contribution in [3.8, 4) is 22.3 Å². The SMILES string of the molecule is C/C=C\c1cc(N(c2ccc(-c3ccccc3)cc2)c2ccc(-c3ccc(N(C)C4=CCC(OC)C=C4)cc3)cc2)ccc1C. The van der Waals surface area contributed by atoms with Crippen molar-refractivity contribution in [2.75, 3.05) is 24.0 Å². The van der Waals surface area contributed by atoms with Crippen LogP contribution >= 0.6 is 0 Å². The van der Waals surface area contributed by atoms with Gasteiger partial charge in [-0.2, -0.15) is 0 Å². The van der Waals surface area contributed by atoms with Gasteiger partial charge in [0.15, 0.2) is 0 Å². The van der Waals surface area contributed by atoms with Crippen molar-refractivity contribution >= 4 is 28.8 Å². The topological polar surface area (TPSA) is 15.7 Å². The molecule has 5 aromatic rings. The van der Waals surface area contributed by atoms with E-state index in [1.54, 1.807) is 7.11 Å². The monoisotopic (exact) mass is 588 g/mol. The molecule has 1 aliphatic carbocycles. The zero-order chi connectivity index (χ0) is 31.2. The normalized spacial score (nSPS) is 14.4. The standard InChI is InChI=1S/C42H40N2O/c1-5-9-36-30-41(19-12-31(36)2)44(39-22-15-33(16-23-39)32-10-7-6-8-11-32)40-24-17-35(18-25-40)34-13-20-37(21-14-34)43(3)38-26-28-42(45-4)29-27-38/h5-28,30,42H,29H2,1-4H3/b9-5-. The molecule has 45 heavy (non-hydrogen) atoms. The zero-order valence-corrected chi connectivity index (χ0v) is 26.5. The van der Waals surface area contributed by atoms with Crippen molar-refractivity contribution < 1.29 is 4.74 Å². The number of allylic oxidation sites excluding steroid dienone is 2. The average Bonchev–Trinajstić information content (AvgIpc) is 3.11. The van der Waals surface area contributed by atoms with E-state index < -0.39 is 0 Å². The maximum atomic E-state index is 5.45. The number of benzene rings is 5. The van der Waals surface area contributed by atoms with Gasteiger partial charge >= 0.3 is 0 Å². The van der Waals surface area contributed by atoms with E-state index in [0.717, 1.165) is 29.2 Å². The predicted octanol–water partition coefficient (Wildman–Crippen LogP) is 11.1. The van der Waals surface area contributed by atoms with E-state index in [4.69, 9.17) is 4.74 Å². The Morgan fingerprint density at radius 1 is 0.667 bits per heavy atom. The number of methoxy groups -OCH3 is 1. The molecular weight excluding hydrogens is 548 g/mol. The molecule has 0 N–H and O–H groups in total. The first-order chi connectivity index (χ1) is 22.0. The van der Waals surface area contributed by atoms with Gasteiger partial charge in [0.25, 0.3) is 0 Å². The zero-order valence-electron chi connectivity index (χ0n) is 26.5. The van der Waals surface area contributed by atoms with Crippen LogP contribution in [0.4, 0.5) is 22.7 Å². The second kappa shape index (κ2) is 13.7. The second-order valence-corrected chi connectivity index (χ2v) is 11.4. The number of aryl methyl sites for hydroxylation is 1. The summed E-state index contributed by atoms with van der Waals surface area (Å²) in [6.07, 6.45) is 11.8. The summed E-state index contributed by atoms with van der Waals surface area (Å²) in [7, 11) is 3.87. The molecule has 0 radical (unpaired) electrons. The Labute approximate surface area is 268 Å². The third kappa shape index (κ3) is 6.69. The summed E-state index contributed by atoms with van der Waals surface area (Å²) in [5.74, 6) is 0. The Morgan fingerprint density at radius 3 is 1.71 bits per heavy atom. The van der Waals surface area contributed by atoms with Gasteiger partial charge in [0.1, 0.15) is 0 Å². The molecule has 1 unspecified atom stereocenters. The van der Waals surface area contributed by atoms with Gasteiger partial charge in [0.05, 0.1) is 6.10 Å². The summed E-state index contributed by atoms with van der Waals surface area (Å²) in [6, 6.07) is 43.7. The van der Waals surface area contributed by atoms with E-state index >= 15 is 0 Å². The van der Waals surface area contributed by atoms with Crippen LogP contribution in [0.1, 0.15) is 24.5 Å². The summed E-state index contributed by atoms with van der Waals surface area (Å²) < 4.78 is 5.45. The third-order valence-corrected chi connectivity index (χ3v) is 8.54. The molecule has 0 fully saturated rings. The van der Waals surface area contributed by atoms with Gasteiger partial charge in [0, 0.05) is 42.6 Å². The highest BCUT2D eigenvalue weighted by molar-refractivity contribution is 5.81. The lowest BCUT2D eigenvalue weighted by Gasteiger charge is -2.27. The number of nitrogens with zero attached hydrogens (tertiary/aromatic N) is 2. The summed E-state index contributed by atoms with van der Waals surface area (Å²) in [4.78, 5) is 4.56. The van der Waals surface area contributed by atoms with E-state index in [9.17, 15) is 0 Å². The van der Waals surface area contributed by atoms with Crippen LogP contribution in [-0.4, -0.2) is 20.3 Å². The summed E-state index contributed by atoms with van der Waals surface area (Å²) in [6.45, 7) is 4.23. The molecule has 0 aromatic heterocycles. The molecule has 1 atom stereocenters. The predicted molar refractivity (Wildman–Crippen MR) is 192 cm³/mol. The number of likely N-dealkylation sites (N-methyl/N-ethyl adjacent to an activating group) is 1. The Morgan fingerprint density at radius 2 is 1.20 bits per heavy atom. The lowest BCUT2D eigenvalue weighted by atomic mass is 10.0. The van der Waals surface area contributed by atoms with Crippen molar-refractivity contribution in [2.24, 2.45) is 0 Å². The minimum atomic E-state index is 0.165. The smallest absolute Gasteiger partial charge is 0.0791 e. The van der Waals surface area contributed by atoms with Crippen LogP contribution in [0.5, 0.6) is 0 Å². The Bertz CT molecular complexity index is 1820. The highest BCUT2D eigenvalue weighted by atomic mass is 16.5. The number of ether oxygens (including phenoxy) is 1. The van der Waals surface area contributed by atoms with Crippen molar-refractivity contribution in [1.29, 1.82) is 0 Å². The quantitative estimate of drug-likeness (QED) is 0.170. The Balaban J connectivity index is 1.29. The van der Waals surface area contributed by atoms with E-state index in [1.807, 2.05) is 0 Å². The van der Waals surface area contributed by atoms with Crippen molar-refractivity contribution in [3.05, 3.63) is 162 Å². The van der Waals surface area contributed by atoms with Gasteiger partial charge in [-0.05, 0) is 108 Å². The fraction of sp³-hybridized carbons (Fsp3) is 0.143. The summed E-state index contributed by atoms with van der Waals surface area (Å²) in [5.41, 5.74) is 13.0. The molecule has 5 aromatic carbocycles. The molecule has 0 aliphatic heterocycles. The van der Waals surface area contributed by atoms with Crippen molar-refractivity contribution in [1.82, 2.24) is 0 Å². The van der Waals surface area contributed by atoms with Crippen LogP contribution in [0.25, 0.3) is 28.3 Å². The number of hydrogen-bond acceptors (Lipinski definition) is 3. The molecule has 0 heterocycles. The highest BCUT2D eigenvalue weighted by Gasteiger charge is 2.15. The van der Waals surface area contributed by atoms with Gasteiger partial charge in [-0.1, -0.05) is 97.1 Å². The van der Waals surface area contributed by atoms with Crippen LogP contribution in [0.3, 0.4) is 0 Å². The van der Waals surface area contributed by atoms with Gasteiger partial charge in [-0.3, -0.25) is 0 Å². The highest BCUT2D eigenvalue weighted by Crippen LogP contribution is 2.38. The minimum absolute atomic E-state index is 0.165. The first-order valence-corrected chi connectivity index (χ1v) is 15.6. The van der Waals surface area contributed by atoms with E-state index in [1.165, 1.54) is 39.1 Å². The molecule has 3 heteroatoms. The molecule has 3 nitrogen and oxygen atoms in total. The fourth-order valence-electron chi connectivity index (χ4n) is 5.85. The molecular formula is C42H40N2O. The molecule has 0 bridgehead atoms. The van der Waals surface area contributed by atoms with Gasteiger partial charge in [-0.15, -0.1) is 0 Å². The van der Waals surface area contributed by atoms with Gasteiger partial charge in [-0.25, -0.2) is 0 Å². The van der Waals surface area contributed by atoms with Gasteiger partial charge < -0.3 is 14.5 Å². The van der Waals surface area contributed by atoms with Crippen molar-refractivity contribution in [2.45, 2.75) is 26.4 Å². The Kier molecular flexibility index (Phi) is 9.09. The molecule has 1 aliphatic rings. The van der Waals surface area contributed by atoms with E-state index in [2.05, 4.69) is 182 Å². The van der Waals surface area contributed by atoms with E-state index in [0.29, 0.717) is 0 Å². The third-order valence-electron chi connectivity index (χ3n) is 8.54. The van der Waals surface area contributed by atoms with Crippen LogP contribution < -0.4 is 9.80 Å². The second-order valence-electron chi connectivity index (χ2n) is 11.4. The average molecular weight is 589 g/mol. The largest absolute Gasteiger partial charge is 0.377 e. The number of anilines is 4. The van der Waals surface area contributed by atoms with Gasteiger partial charge in [0.2, 0.25) is 0 Å². The summed E-state index contributed by atoms with van der Waals surface area (Å²) in [5, 5.41) is 0. The molecule has 0 saturated heterocycles. The molecule has 0 spiro atoms.